The number of aliphatic carboxylic acids is 1. The minimum atomic E-state index is -1.03. The second-order valence-electron chi connectivity index (χ2n) is 4.20. The summed E-state index contributed by atoms with van der Waals surface area (Å²) in [6.07, 6.45) is 1.07. The Morgan fingerprint density at radius 2 is 2.06 bits per heavy atom. The molecule has 0 aromatic carbocycles. The second kappa shape index (κ2) is 8.34. The molecule has 6 heteroatoms. The van der Waals surface area contributed by atoms with Crippen LogP contribution >= 0.6 is 0 Å². The number of hydrogen-bond donors (Lipinski definition) is 2. The van der Waals surface area contributed by atoms with Crippen molar-refractivity contribution in [1.82, 2.24) is 10.2 Å². The Morgan fingerprint density at radius 3 is 2.44 bits per heavy atom. The zero-order valence-electron chi connectivity index (χ0n) is 11.1. The SMILES string of the molecule is CCC[C@@H](NC(=O)N(CC)CC(C)C#N)C(=O)O. The van der Waals surface area contributed by atoms with Crippen LogP contribution in [0.4, 0.5) is 4.79 Å². The minimum absolute atomic E-state index is 0.273. The van der Waals surface area contributed by atoms with Crippen LogP contribution in [0, 0.1) is 17.2 Å². The van der Waals surface area contributed by atoms with E-state index in [1.54, 1.807) is 13.8 Å². The number of nitrogens with zero attached hydrogens (tertiary/aromatic N) is 2. The third kappa shape index (κ3) is 5.53. The molecule has 0 aliphatic heterocycles. The van der Waals surface area contributed by atoms with E-state index < -0.39 is 18.0 Å². The van der Waals surface area contributed by atoms with Gasteiger partial charge in [-0.05, 0) is 20.3 Å². The van der Waals surface area contributed by atoms with Crippen LogP contribution in [0.25, 0.3) is 0 Å². The molecule has 18 heavy (non-hydrogen) atoms. The van der Waals surface area contributed by atoms with Crippen LogP contribution in [0.15, 0.2) is 0 Å². The van der Waals surface area contributed by atoms with Gasteiger partial charge < -0.3 is 15.3 Å². The van der Waals surface area contributed by atoms with Crippen molar-refractivity contribution < 1.29 is 14.7 Å². The van der Waals surface area contributed by atoms with Crippen LogP contribution in [0.3, 0.4) is 0 Å². The van der Waals surface area contributed by atoms with Crippen LogP contribution in [0.1, 0.15) is 33.6 Å². The van der Waals surface area contributed by atoms with Gasteiger partial charge in [0.2, 0.25) is 0 Å². The van der Waals surface area contributed by atoms with Crippen LogP contribution in [0.5, 0.6) is 0 Å². The number of carbonyl (C=O) groups is 2. The minimum Gasteiger partial charge on any atom is -0.480 e. The number of hydrogen-bond acceptors (Lipinski definition) is 3. The summed E-state index contributed by atoms with van der Waals surface area (Å²) in [6.45, 7) is 6.11. The van der Waals surface area contributed by atoms with Crippen molar-refractivity contribution >= 4 is 12.0 Å². The number of nitrogens with one attached hydrogen (secondary N) is 1. The van der Waals surface area contributed by atoms with Gasteiger partial charge in [-0.3, -0.25) is 0 Å². The van der Waals surface area contributed by atoms with Gasteiger partial charge in [-0.2, -0.15) is 5.26 Å². The number of rotatable bonds is 7. The van der Waals surface area contributed by atoms with Crippen LogP contribution in [0.2, 0.25) is 0 Å². The molecule has 0 spiro atoms. The first-order valence-electron chi connectivity index (χ1n) is 6.14. The number of carboxylic acids is 1. The highest BCUT2D eigenvalue weighted by Gasteiger charge is 2.22. The Hall–Kier alpha value is -1.77. The van der Waals surface area contributed by atoms with Crippen LogP contribution < -0.4 is 5.32 Å². The van der Waals surface area contributed by atoms with E-state index in [0.717, 1.165) is 0 Å². The fourth-order valence-corrected chi connectivity index (χ4v) is 1.51. The highest BCUT2D eigenvalue weighted by Crippen LogP contribution is 2.02. The topological polar surface area (TPSA) is 93.4 Å². The number of carboxylic acid groups (broad SMARTS) is 1. The Labute approximate surface area is 108 Å². The van der Waals surface area contributed by atoms with Gasteiger partial charge in [0, 0.05) is 13.1 Å². The van der Waals surface area contributed by atoms with Gasteiger partial charge in [-0.25, -0.2) is 9.59 Å². The van der Waals surface area contributed by atoms with Gasteiger partial charge in [0.25, 0.3) is 0 Å². The molecule has 2 amide bonds. The predicted molar refractivity (Wildman–Crippen MR) is 66.9 cm³/mol. The molecule has 0 saturated carbocycles. The fourth-order valence-electron chi connectivity index (χ4n) is 1.51. The Bertz CT molecular complexity index is 325. The molecule has 2 atom stereocenters. The molecule has 1 unspecified atom stereocenters. The average Bonchev–Trinajstić information content (AvgIpc) is 2.34. The molecule has 0 bridgehead atoms. The molecule has 0 aliphatic rings. The van der Waals surface area contributed by atoms with Crippen molar-refractivity contribution in [2.75, 3.05) is 13.1 Å². The molecule has 0 aromatic rings. The first-order valence-corrected chi connectivity index (χ1v) is 6.14. The molecule has 6 nitrogen and oxygen atoms in total. The van der Waals surface area contributed by atoms with Crippen molar-refractivity contribution in [3.05, 3.63) is 0 Å². The summed E-state index contributed by atoms with van der Waals surface area (Å²) in [5, 5.41) is 20.1. The quantitative estimate of drug-likeness (QED) is 0.719. The first kappa shape index (κ1) is 16.2. The first-order chi connectivity index (χ1) is 8.46. The van der Waals surface area contributed by atoms with Crippen molar-refractivity contribution in [2.24, 2.45) is 5.92 Å². The number of amides is 2. The normalized spacial score (nSPS) is 13.2. The number of nitriles is 1. The maximum Gasteiger partial charge on any atom is 0.326 e. The summed E-state index contributed by atoms with van der Waals surface area (Å²) in [7, 11) is 0. The van der Waals surface area contributed by atoms with E-state index in [1.807, 2.05) is 13.0 Å². The van der Waals surface area contributed by atoms with Gasteiger partial charge in [0.1, 0.15) is 6.04 Å². The molecular formula is C12H21N3O3. The van der Waals surface area contributed by atoms with Crippen molar-refractivity contribution in [3.63, 3.8) is 0 Å². The maximum absolute atomic E-state index is 11.9. The highest BCUT2D eigenvalue weighted by atomic mass is 16.4. The van der Waals surface area contributed by atoms with E-state index in [1.165, 1.54) is 4.90 Å². The lowest BCUT2D eigenvalue weighted by atomic mass is 10.1. The summed E-state index contributed by atoms with van der Waals surface area (Å²) in [4.78, 5) is 24.2. The zero-order chi connectivity index (χ0) is 14.1. The lowest BCUT2D eigenvalue weighted by Crippen LogP contribution is -2.48. The molecule has 0 heterocycles. The predicted octanol–water partition coefficient (Wildman–Crippen LogP) is 1.43. The van der Waals surface area contributed by atoms with E-state index in [-0.39, 0.29) is 5.92 Å². The van der Waals surface area contributed by atoms with Crippen LogP contribution in [-0.4, -0.2) is 41.1 Å². The average molecular weight is 255 g/mol. The largest absolute Gasteiger partial charge is 0.480 e. The molecule has 0 fully saturated rings. The molecule has 102 valence electrons. The summed E-state index contributed by atoms with van der Waals surface area (Å²) in [5.74, 6) is -1.31. The molecule has 0 rings (SSSR count). The summed E-state index contributed by atoms with van der Waals surface area (Å²) >= 11 is 0. The Morgan fingerprint density at radius 1 is 1.44 bits per heavy atom. The van der Waals surface area contributed by atoms with Gasteiger partial charge in [0.05, 0.1) is 12.0 Å². The Balaban J connectivity index is 4.50. The smallest absolute Gasteiger partial charge is 0.326 e. The van der Waals surface area contributed by atoms with Crippen molar-refractivity contribution in [3.8, 4) is 6.07 Å². The lowest BCUT2D eigenvalue weighted by molar-refractivity contribution is -0.139. The van der Waals surface area contributed by atoms with Crippen LogP contribution in [-0.2, 0) is 4.79 Å². The molecular weight excluding hydrogens is 234 g/mol. The molecule has 0 radical (unpaired) electrons. The van der Waals surface area contributed by atoms with E-state index in [0.29, 0.717) is 25.9 Å². The van der Waals surface area contributed by atoms with E-state index in [9.17, 15) is 9.59 Å². The third-order valence-electron chi connectivity index (χ3n) is 2.56. The standard InChI is InChI=1S/C12H21N3O3/c1-4-6-10(11(16)17)14-12(18)15(5-2)8-9(3)7-13/h9-10H,4-6,8H2,1-3H3,(H,14,18)(H,16,17)/t9?,10-/m1/s1. The van der Waals surface area contributed by atoms with Gasteiger partial charge in [0.15, 0.2) is 0 Å². The summed E-state index contributed by atoms with van der Waals surface area (Å²) in [6, 6.07) is 0.751. The number of carbonyl (C=O) groups excluding carboxylic acids is 1. The highest BCUT2D eigenvalue weighted by molar-refractivity contribution is 5.82. The molecule has 2 N–H and O–H groups in total. The molecule has 0 saturated heterocycles. The van der Waals surface area contributed by atoms with E-state index in [4.69, 9.17) is 10.4 Å². The van der Waals surface area contributed by atoms with E-state index >= 15 is 0 Å². The van der Waals surface area contributed by atoms with Gasteiger partial charge in [-0.1, -0.05) is 13.3 Å². The Kier molecular flexibility index (Phi) is 7.52. The summed E-state index contributed by atoms with van der Waals surface area (Å²) in [5.41, 5.74) is 0. The number of urea groups is 1. The van der Waals surface area contributed by atoms with E-state index in [2.05, 4.69) is 5.32 Å². The zero-order valence-corrected chi connectivity index (χ0v) is 11.1. The lowest BCUT2D eigenvalue weighted by Gasteiger charge is -2.24. The molecule has 0 aliphatic carbocycles. The van der Waals surface area contributed by atoms with Gasteiger partial charge in [-0.15, -0.1) is 0 Å². The second-order valence-corrected chi connectivity index (χ2v) is 4.20. The van der Waals surface area contributed by atoms with Crippen molar-refractivity contribution in [2.45, 2.75) is 39.7 Å². The monoisotopic (exact) mass is 255 g/mol. The molecule has 0 aromatic heterocycles. The maximum atomic E-state index is 11.9. The van der Waals surface area contributed by atoms with Gasteiger partial charge >= 0.3 is 12.0 Å². The van der Waals surface area contributed by atoms with Crippen molar-refractivity contribution in [1.29, 1.82) is 5.26 Å². The fraction of sp³-hybridized carbons (Fsp3) is 0.750. The summed E-state index contributed by atoms with van der Waals surface area (Å²) < 4.78 is 0. The third-order valence-corrected chi connectivity index (χ3v) is 2.56.